The maximum Gasteiger partial charge on any atom is 0.176 e. The number of aromatic nitrogens is 2. The maximum absolute atomic E-state index is 12.9. The Morgan fingerprint density at radius 2 is 1.67 bits per heavy atom. The number of carbonyl (C=O) groups excluding carboxylic acids is 1. The smallest absolute Gasteiger partial charge is 0.176 e. The van der Waals surface area contributed by atoms with Crippen molar-refractivity contribution in [2.45, 2.75) is 32.1 Å². The second kappa shape index (κ2) is 8.46. The van der Waals surface area contributed by atoms with Crippen LogP contribution in [0.5, 0.6) is 0 Å². The molecule has 4 aromatic rings. The number of nitrogens with zero attached hydrogens (tertiary/aromatic N) is 3. The molecule has 4 heteroatoms. The Balaban J connectivity index is 1.57. The molecule has 2 heterocycles. The Morgan fingerprint density at radius 3 is 2.31 bits per heavy atom. The molecule has 2 aromatic carbocycles. The van der Waals surface area contributed by atoms with Crippen molar-refractivity contribution in [1.29, 1.82) is 5.26 Å². The molecule has 2 aliphatic carbocycles. The van der Waals surface area contributed by atoms with Crippen molar-refractivity contribution in [3.8, 4) is 34.1 Å². The number of rotatable bonds is 3. The van der Waals surface area contributed by atoms with Gasteiger partial charge in [0, 0.05) is 40.5 Å². The number of benzene rings is 2. The van der Waals surface area contributed by atoms with Crippen molar-refractivity contribution in [1.82, 2.24) is 9.55 Å². The van der Waals surface area contributed by atoms with Crippen molar-refractivity contribution >= 4 is 5.78 Å². The third kappa shape index (κ3) is 3.35. The van der Waals surface area contributed by atoms with Crippen LogP contribution in [0.2, 0.25) is 0 Å². The van der Waals surface area contributed by atoms with E-state index >= 15 is 0 Å². The zero-order valence-corrected chi connectivity index (χ0v) is 20.5. The lowest BCUT2D eigenvalue weighted by Crippen LogP contribution is -2.46. The van der Waals surface area contributed by atoms with Crippen molar-refractivity contribution < 1.29 is 4.79 Å². The van der Waals surface area contributed by atoms with Gasteiger partial charge in [-0.25, -0.2) is 4.98 Å². The average Bonchev–Trinajstić information content (AvgIpc) is 3.33. The van der Waals surface area contributed by atoms with Crippen LogP contribution in [-0.2, 0) is 16.6 Å². The Kier molecular flexibility index (Phi) is 5.23. The SMILES string of the molecule is C[C@H]1C(=O)C(C#N)=C[C@@]2(C)c3c(c(-c4ccccc4)cn3-c3ccc(-c4ccccc4)cn3)CC[C@H]12. The second-order valence-corrected chi connectivity index (χ2v) is 10.1. The molecule has 0 unspecified atom stereocenters. The number of fused-ring (bicyclic) bond motifs is 3. The van der Waals surface area contributed by atoms with Crippen LogP contribution in [0, 0.1) is 23.2 Å². The lowest BCUT2D eigenvalue weighted by Gasteiger charge is -2.46. The van der Waals surface area contributed by atoms with Crippen LogP contribution >= 0.6 is 0 Å². The molecule has 3 atom stereocenters. The summed E-state index contributed by atoms with van der Waals surface area (Å²) in [6.45, 7) is 4.18. The Hall–Kier alpha value is -4.23. The first-order chi connectivity index (χ1) is 17.5. The van der Waals surface area contributed by atoms with Crippen LogP contribution in [0.25, 0.3) is 28.1 Å². The molecule has 4 nitrogen and oxygen atoms in total. The van der Waals surface area contributed by atoms with E-state index in [1.165, 1.54) is 16.7 Å². The van der Waals surface area contributed by atoms with E-state index in [0.717, 1.165) is 35.5 Å². The van der Waals surface area contributed by atoms with Gasteiger partial charge >= 0.3 is 0 Å². The van der Waals surface area contributed by atoms with Gasteiger partial charge in [-0.3, -0.25) is 4.79 Å². The normalized spacial score (nSPS) is 22.8. The number of hydrogen-bond donors (Lipinski definition) is 0. The molecule has 2 aromatic heterocycles. The van der Waals surface area contributed by atoms with Crippen molar-refractivity contribution in [2.75, 3.05) is 0 Å². The largest absolute Gasteiger partial charge is 0.304 e. The molecule has 36 heavy (non-hydrogen) atoms. The van der Waals surface area contributed by atoms with E-state index in [1.807, 2.05) is 43.5 Å². The van der Waals surface area contributed by atoms with Gasteiger partial charge < -0.3 is 4.57 Å². The zero-order valence-electron chi connectivity index (χ0n) is 20.5. The Bertz CT molecular complexity index is 1520. The van der Waals surface area contributed by atoms with Gasteiger partial charge in [-0.15, -0.1) is 0 Å². The van der Waals surface area contributed by atoms with E-state index < -0.39 is 5.41 Å². The van der Waals surface area contributed by atoms with E-state index in [1.54, 1.807) is 0 Å². The summed E-state index contributed by atoms with van der Waals surface area (Å²) in [7, 11) is 0. The minimum Gasteiger partial charge on any atom is -0.304 e. The summed E-state index contributed by atoms with van der Waals surface area (Å²) in [5, 5.41) is 9.78. The van der Waals surface area contributed by atoms with Gasteiger partial charge in [-0.05, 0) is 47.6 Å². The molecule has 0 saturated carbocycles. The van der Waals surface area contributed by atoms with Crippen LogP contribution < -0.4 is 0 Å². The van der Waals surface area contributed by atoms with Crippen LogP contribution in [0.3, 0.4) is 0 Å². The molecule has 0 saturated heterocycles. The molecule has 6 rings (SSSR count). The van der Waals surface area contributed by atoms with Crippen LogP contribution in [0.1, 0.15) is 31.5 Å². The fourth-order valence-electron chi connectivity index (χ4n) is 6.37. The predicted molar refractivity (Wildman–Crippen MR) is 141 cm³/mol. The summed E-state index contributed by atoms with van der Waals surface area (Å²) < 4.78 is 2.20. The van der Waals surface area contributed by atoms with Crippen LogP contribution in [0.4, 0.5) is 0 Å². The van der Waals surface area contributed by atoms with E-state index in [-0.39, 0.29) is 23.2 Å². The minimum atomic E-state index is -0.446. The van der Waals surface area contributed by atoms with Crippen molar-refractivity contribution in [2.24, 2.45) is 11.8 Å². The third-order valence-electron chi connectivity index (χ3n) is 8.13. The lowest BCUT2D eigenvalue weighted by molar-refractivity contribution is -0.121. The molecule has 0 amide bonds. The van der Waals surface area contributed by atoms with E-state index in [4.69, 9.17) is 4.98 Å². The van der Waals surface area contributed by atoms with Crippen LogP contribution in [-0.4, -0.2) is 15.3 Å². The second-order valence-electron chi connectivity index (χ2n) is 10.1. The van der Waals surface area contributed by atoms with Gasteiger partial charge in [0.05, 0.1) is 5.57 Å². The monoisotopic (exact) mass is 469 g/mol. The molecule has 0 bridgehead atoms. The first-order valence-electron chi connectivity index (χ1n) is 12.5. The fraction of sp³-hybridized carbons (Fsp3) is 0.219. The van der Waals surface area contributed by atoms with Gasteiger partial charge in [-0.1, -0.05) is 80.6 Å². The topological polar surface area (TPSA) is 58.7 Å². The third-order valence-corrected chi connectivity index (χ3v) is 8.13. The first-order valence-corrected chi connectivity index (χ1v) is 12.5. The van der Waals surface area contributed by atoms with E-state index in [9.17, 15) is 10.1 Å². The first kappa shape index (κ1) is 22.2. The number of Topliss-reactive ketones (excluding diaryl/α,β-unsaturated/α-hetero) is 1. The highest BCUT2D eigenvalue weighted by Crippen LogP contribution is 2.52. The number of nitriles is 1. The molecule has 176 valence electrons. The summed E-state index contributed by atoms with van der Waals surface area (Å²) >= 11 is 0. The number of carbonyl (C=O) groups is 1. The Morgan fingerprint density at radius 1 is 0.972 bits per heavy atom. The molecule has 0 spiro atoms. The van der Waals surface area contributed by atoms with Gasteiger partial charge in [0.2, 0.25) is 0 Å². The minimum absolute atomic E-state index is 0.0323. The van der Waals surface area contributed by atoms with Crippen molar-refractivity contribution in [3.63, 3.8) is 0 Å². The highest BCUT2D eigenvalue weighted by molar-refractivity contribution is 6.02. The molecular weight excluding hydrogens is 442 g/mol. The number of ketones is 1. The summed E-state index contributed by atoms with van der Waals surface area (Å²) in [4.78, 5) is 17.8. The molecular formula is C32H27N3O. The van der Waals surface area contributed by atoms with Crippen LogP contribution in [0.15, 0.2) is 96.8 Å². The van der Waals surface area contributed by atoms with Crippen molar-refractivity contribution in [3.05, 3.63) is 108 Å². The fourth-order valence-corrected chi connectivity index (χ4v) is 6.37. The van der Waals surface area contributed by atoms with E-state index in [2.05, 4.69) is 72.3 Å². The molecule has 0 aliphatic heterocycles. The van der Waals surface area contributed by atoms with E-state index in [0.29, 0.717) is 0 Å². The molecule has 2 aliphatic rings. The molecule has 0 fully saturated rings. The quantitative estimate of drug-likeness (QED) is 0.336. The predicted octanol–water partition coefficient (Wildman–Crippen LogP) is 6.70. The standard InChI is InChI=1S/C32H27N3O/c1-21-28-15-14-26-27(23-11-7-4-8-12-23)20-35(31(26)32(28,2)17-25(18-33)30(21)36)29-16-13-24(19-34-29)22-9-5-3-6-10-22/h3-13,16-17,19-21,28H,14-15H2,1-2H3/t21-,28-,32-/m1/s1. The summed E-state index contributed by atoms with van der Waals surface area (Å²) in [6.07, 6.45) is 7.85. The van der Waals surface area contributed by atoms with Gasteiger partial charge in [-0.2, -0.15) is 5.26 Å². The highest BCUT2D eigenvalue weighted by atomic mass is 16.1. The van der Waals surface area contributed by atoms with Gasteiger partial charge in [0.25, 0.3) is 0 Å². The maximum atomic E-state index is 12.9. The van der Waals surface area contributed by atoms with Gasteiger partial charge in [0.1, 0.15) is 11.9 Å². The summed E-state index contributed by atoms with van der Waals surface area (Å²) in [6, 6.07) is 27.0. The summed E-state index contributed by atoms with van der Waals surface area (Å²) in [5.41, 5.74) is 6.80. The number of hydrogen-bond acceptors (Lipinski definition) is 3. The zero-order chi connectivity index (χ0) is 24.9. The number of pyridine rings is 1. The lowest BCUT2D eigenvalue weighted by atomic mass is 9.57. The molecule has 0 radical (unpaired) electrons. The number of allylic oxidation sites excluding steroid dienone is 2. The highest BCUT2D eigenvalue weighted by Gasteiger charge is 2.50. The summed E-state index contributed by atoms with van der Waals surface area (Å²) in [5.74, 6) is 0.747. The average molecular weight is 470 g/mol. The Labute approximate surface area is 211 Å². The van der Waals surface area contributed by atoms with Gasteiger partial charge in [0.15, 0.2) is 5.78 Å². The molecule has 0 N–H and O–H groups in total.